The Kier molecular flexibility index (Phi) is 4.55. The lowest BCUT2D eigenvalue weighted by Crippen LogP contribution is -2.49. The molecule has 1 fully saturated rings. The predicted molar refractivity (Wildman–Crippen MR) is 52.5 cm³/mol. The van der Waals surface area contributed by atoms with E-state index in [0.29, 0.717) is 4.90 Å². The molecule has 1 saturated heterocycles. The third kappa shape index (κ3) is 4.01. The van der Waals surface area contributed by atoms with Crippen molar-refractivity contribution in [3.8, 4) is 0 Å². The predicted octanol–water partition coefficient (Wildman–Crippen LogP) is 2.05. The van der Waals surface area contributed by atoms with E-state index in [0.717, 1.165) is 0 Å². The standard InChI is InChI=1S/C10H11F6NO3/c11-9(12,13)7(10(14,15)16)8(20)17-2-1-5(4-17)3-6(18)19/h5,7H,1-4H2,(H,18,19). The largest absolute Gasteiger partial charge is 0.481 e. The SMILES string of the molecule is O=C(O)CC1CCN(C(=O)C(C(F)(F)F)C(F)(F)F)C1. The van der Waals surface area contributed by atoms with Crippen molar-refractivity contribution in [3.63, 3.8) is 0 Å². The summed E-state index contributed by atoms with van der Waals surface area (Å²) in [7, 11) is 0. The minimum absolute atomic E-state index is 0.0699. The second kappa shape index (κ2) is 5.49. The molecular formula is C10H11F6NO3. The molecule has 20 heavy (non-hydrogen) atoms. The Labute approximate surface area is 109 Å². The number of nitrogens with zero attached hydrogens (tertiary/aromatic N) is 1. The first-order valence-corrected chi connectivity index (χ1v) is 5.57. The highest BCUT2D eigenvalue weighted by Gasteiger charge is 2.62. The molecule has 0 saturated carbocycles. The summed E-state index contributed by atoms with van der Waals surface area (Å²) in [5, 5.41) is 8.50. The Balaban J connectivity index is 2.81. The fraction of sp³-hybridized carbons (Fsp3) is 0.800. The van der Waals surface area contributed by atoms with Gasteiger partial charge in [-0.2, -0.15) is 26.3 Å². The van der Waals surface area contributed by atoms with Crippen molar-refractivity contribution in [2.75, 3.05) is 13.1 Å². The fourth-order valence-corrected chi connectivity index (χ4v) is 2.09. The topological polar surface area (TPSA) is 57.6 Å². The lowest BCUT2D eigenvalue weighted by Gasteiger charge is -2.26. The third-order valence-electron chi connectivity index (χ3n) is 2.96. The van der Waals surface area contributed by atoms with Crippen molar-refractivity contribution in [1.29, 1.82) is 0 Å². The molecule has 1 amide bonds. The number of likely N-dealkylation sites (tertiary alicyclic amines) is 1. The first kappa shape index (κ1) is 16.6. The number of hydrogen-bond donors (Lipinski definition) is 1. The van der Waals surface area contributed by atoms with Gasteiger partial charge in [0.2, 0.25) is 11.8 Å². The van der Waals surface area contributed by atoms with Gasteiger partial charge in [0.15, 0.2) is 0 Å². The zero-order chi connectivity index (χ0) is 15.7. The number of rotatable bonds is 3. The fourth-order valence-electron chi connectivity index (χ4n) is 2.09. The molecule has 116 valence electrons. The van der Waals surface area contributed by atoms with E-state index < -0.39 is 49.0 Å². The maximum atomic E-state index is 12.4. The molecule has 10 heteroatoms. The molecule has 1 heterocycles. The molecule has 1 unspecified atom stereocenters. The van der Waals surface area contributed by atoms with Crippen LogP contribution in [0.3, 0.4) is 0 Å². The van der Waals surface area contributed by atoms with Crippen molar-refractivity contribution in [3.05, 3.63) is 0 Å². The molecule has 1 atom stereocenters. The average Bonchev–Trinajstić information content (AvgIpc) is 2.59. The summed E-state index contributed by atoms with van der Waals surface area (Å²) in [5.74, 6) is -7.97. The van der Waals surface area contributed by atoms with Crippen molar-refractivity contribution >= 4 is 11.9 Å². The van der Waals surface area contributed by atoms with E-state index in [1.54, 1.807) is 0 Å². The molecular weight excluding hydrogens is 296 g/mol. The van der Waals surface area contributed by atoms with Crippen molar-refractivity contribution in [1.82, 2.24) is 4.90 Å². The van der Waals surface area contributed by atoms with Crippen LogP contribution in [0, 0.1) is 11.8 Å². The molecule has 0 aromatic rings. The summed E-state index contributed by atoms with van der Waals surface area (Å²) in [6.07, 6.45) is -11.8. The van der Waals surface area contributed by atoms with Crippen LogP contribution in [0.5, 0.6) is 0 Å². The van der Waals surface area contributed by atoms with Gasteiger partial charge in [0, 0.05) is 19.5 Å². The van der Waals surface area contributed by atoms with Gasteiger partial charge < -0.3 is 10.0 Å². The minimum Gasteiger partial charge on any atom is -0.481 e. The zero-order valence-corrected chi connectivity index (χ0v) is 9.96. The number of hydrogen-bond acceptors (Lipinski definition) is 2. The summed E-state index contributed by atoms with van der Waals surface area (Å²) >= 11 is 0. The molecule has 0 radical (unpaired) electrons. The van der Waals surface area contributed by atoms with E-state index in [4.69, 9.17) is 5.11 Å². The third-order valence-corrected chi connectivity index (χ3v) is 2.96. The maximum Gasteiger partial charge on any atom is 0.409 e. The minimum atomic E-state index is -5.72. The van der Waals surface area contributed by atoms with Crippen LogP contribution in [0.25, 0.3) is 0 Å². The quantitative estimate of drug-likeness (QED) is 0.812. The van der Waals surface area contributed by atoms with Crippen LogP contribution < -0.4 is 0 Å². The molecule has 1 rings (SSSR count). The van der Waals surface area contributed by atoms with E-state index in [-0.39, 0.29) is 13.0 Å². The van der Waals surface area contributed by atoms with Gasteiger partial charge >= 0.3 is 18.3 Å². The molecule has 4 nitrogen and oxygen atoms in total. The van der Waals surface area contributed by atoms with Crippen LogP contribution in [0.1, 0.15) is 12.8 Å². The van der Waals surface area contributed by atoms with Crippen molar-refractivity contribution < 1.29 is 41.0 Å². The van der Waals surface area contributed by atoms with E-state index >= 15 is 0 Å². The van der Waals surface area contributed by atoms with E-state index in [1.165, 1.54) is 0 Å². The maximum absolute atomic E-state index is 12.4. The first-order valence-electron chi connectivity index (χ1n) is 5.57. The molecule has 0 aromatic heterocycles. The molecule has 1 aliphatic rings. The number of carboxylic acids is 1. The summed E-state index contributed by atoms with van der Waals surface area (Å²) in [6.45, 7) is -0.715. The average molecular weight is 307 g/mol. The van der Waals surface area contributed by atoms with Gasteiger partial charge in [-0.25, -0.2) is 0 Å². The Hall–Kier alpha value is -1.48. The number of halogens is 6. The van der Waals surface area contributed by atoms with E-state index in [2.05, 4.69) is 0 Å². The zero-order valence-electron chi connectivity index (χ0n) is 9.96. The summed E-state index contributed by atoms with van der Waals surface area (Å²) < 4.78 is 74.2. The van der Waals surface area contributed by atoms with Crippen LogP contribution in [-0.2, 0) is 9.59 Å². The molecule has 1 N–H and O–H groups in total. The lowest BCUT2D eigenvalue weighted by atomic mass is 10.1. The lowest BCUT2D eigenvalue weighted by molar-refractivity contribution is -0.277. The van der Waals surface area contributed by atoms with Crippen LogP contribution >= 0.6 is 0 Å². The molecule has 0 spiro atoms. The van der Waals surface area contributed by atoms with Gasteiger partial charge in [-0.05, 0) is 12.3 Å². The highest BCUT2D eigenvalue weighted by Crippen LogP contribution is 2.41. The normalized spacial score (nSPS) is 20.6. The van der Waals surface area contributed by atoms with Gasteiger partial charge in [0.25, 0.3) is 0 Å². The Morgan fingerprint density at radius 3 is 2.05 bits per heavy atom. The summed E-state index contributed by atoms with van der Waals surface area (Å²) in [6, 6.07) is 0. The monoisotopic (exact) mass is 307 g/mol. The van der Waals surface area contributed by atoms with Crippen LogP contribution in [-0.4, -0.2) is 47.3 Å². The van der Waals surface area contributed by atoms with Crippen LogP contribution in [0.15, 0.2) is 0 Å². The summed E-state index contributed by atoms with van der Waals surface area (Å²) in [4.78, 5) is 22.3. The smallest absolute Gasteiger partial charge is 0.409 e. The number of amides is 1. The summed E-state index contributed by atoms with van der Waals surface area (Å²) in [5.41, 5.74) is 0. The molecule has 0 bridgehead atoms. The Bertz CT molecular complexity index is 377. The van der Waals surface area contributed by atoms with E-state index in [1.807, 2.05) is 0 Å². The first-order chi connectivity index (χ1) is 8.93. The van der Waals surface area contributed by atoms with Crippen molar-refractivity contribution in [2.45, 2.75) is 25.2 Å². The molecule has 0 aromatic carbocycles. The van der Waals surface area contributed by atoms with Gasteiger partial charge in [0.05, 0.1) is 0 Å². The highest BCUT2D eigenvalue weighted by atomic mass is 19.4. The second-order valence-corrected chi connectivity index (χ2v) is 4.55. The number of alkyl halides is 6. The number of carbonyl (C=O) groups is 2. The number of carbonyl (C=O) groups excluding carboxylic acids is 1. The van der Waals surface area contributed by atoms with Gasteiger partial charge in [-0.15, -0.1) is 0 Å². The van der Waals surface area contributed by atoms with Gasteiger partial charge in [-0.1, -0.05) is 0 Å². The molecule has 1 aliphatic heterocycles. The van der Waals surface area contributed by atoms with Gasteiger partial charge in [0.1, 0.15) is 0 Å². The Morgan fingerprint density at radius 1 is 1.15 bits per heavy atom. The molecule has 0 aliphatic carbocycles. The van der Waals surface area contributed by atoms with Crippen LogP contribution in [0.2, 0.25) is 0 Å². The van der Waals surface area contributed by atoms with Gasteiger partial charge in [-0.3, -0.25) is 9.59 Å². The number of carboxylic acid groups (broad SMARTS) is 1. The van der Waals surface area contributed by atoms with Crippen molar-refractivity contribution in [2.24, 2.45) is 11.8 Å². The Morgan fingerprint density at radius 2 is 1.65 bits per heavy atom. The highest BCUT2D eigenvalue weighted by molar-refractivity contribution is 5.81. The number of aliphatic carboxylic acids is 1. The van der Waals surface area contributed by atoms with E-state index in [9.17, 15) is 35.9 Å². The second-order valence-electron chi connectivity index (χ2n) is 4.55. The van der Waals surface area contributed by atoms with Crippen LogP contribution in [0.4, 0.5) is 26.3 Å².